The van der Waals surface area contributed by atoms with Gasteiger partial charge in [-0.05, 0) is 62.5 Å². The van der Waals surface area contributed by atoms with Gasteiger partial charge in [0.2, 0.25) is 5.91 Å². The molecule has 3 aromatic rings. The summed E-state index contributed by atoms with van der Waals surface area (Å²) in [4.78, 5) is 34.0. The molecule has 1 saturated heterocycles. The highest BCUT2D eigenvalue weighted by atomic mass is 32.1. The van der Waals surface area contributed by atoms with Gasteiger partial charge in [0.15, 0.2) is 5.13 Å². The van der Waals surface area contributed by atoms with Gasteiger partial charge in [0.05, 0.1) is 41.6 Å². The second-order valence-electron chi connectivity index (χ2n) is 13.1. The van der Waals surface area contributed by atoms with E-state index in [0.29, 0.717) is 43.7 Å². The number of nitrogens with zero attached hydrogens (tertiary/aromatic N) is 3. The number of aliphatic hydroxyl groups is 1. The Labute approximate surface area is 296 Å². The first-order chi connectivity index (χ1) is 21.6. The van der Waals surface area contributed by atoms with Crippen molar-refractivity contribution in [2.75, 3.05) is 45.7 Å². The molecule has 1 aromatic heterocycles. The number of likely N-dealkylation sites (N-methyl/N-ethyl adjacent to an activating group) is 1. The fourth-order valence-corrected chi connectivity index (χ4v) is 7.41. The highest BCUT2D eigenvalue weighted by molar-refractivity contribution is 7.59. The maximum atomic E-state index is 13.1. The third-order valence-corrected chi connectivity index (χ3v) is 9.35. The smallest absolute Gasteiger partial charge is 0.407 e. The number of thiazole rings is 1. The van der Waals surface area contributed by atoms with Crippen LogP contribution in [0.25, 0.3) is 10.2 Å². The van der Waals surface area contributed by atoms with Crippen LogP contribution in [0.5, 0.6) is 0 Å². The standard InChI is InChI=1S/C34H47N5O5S.2H2S/c1-22(2)17-39(18-24-13-14-26-31(16-24)45-33(35-26)37-32(41)20-38(3)4)19-28(40)27(15-23-9-6-5-7-10-23)36-34(42)44-30-21-43-29-12-8-11-25(29)30;;/h5-7,9-10,13-14,16,22,25,27-30,40H,8,11-12,15,17-21H2,1-4H3,(H,36,42)(H,35,37,41);2*1H2. The van der Waals surface area contributed by atoms with Crippen LogP contribution in [0.15, 0.2) is 48.5 Å². The number of rotatable bonds is 14. The van der Waals surface area contributed by atoms with E-state index in [2.05, 4.69) is 40.4 Å². The van der Waals surface area contributed by atoms with Crippen LogP contribution in [0, 0.1) is 11.8 Å². The van der Waals surface area contributed by atoms with Crippen molar-refractivity contribution in [2.45, 2.75) is 70.4 Å². The summed E-state index contributed by atoms with van der Waals surface area (Å²) < 4.78 is 12.7. The lowest BCUT2D eigenvalue weighted by Gasteiger charge is -2.31. The summed E-state index contributed by atoms with van der Waals surface area (Å²) in [7, 11) is 3.71. The molecule has 0 spiro atoms. The first-order valence-corrected chi connectivity index (χ1v) is 16.8. The van der Waals surface area contributed by atoms with Crippen LogP contribution in [-0.4, -0.2) is 96.6 Å². The monoisotopic (exact) mass is 705 g/mol. The molecule has 2 aromatic carbocycles. The normalized spacial score (nSPS) is 20.0. The predicted molar refractivity (Wildman–Crippen MR) is 198 cm³/mol. The number of fused-ring (bicyclic) bond motifs is 2. The van der Waals surface area contributed by atoms with Crippen molar-refractivity contribution in [2.24, 2.45) is 11.8 Å². The van der Waals surface area contributed by atoms with Gasteiger partial charge in [-0.25, -0.2) is 9.78 Å². The summed E-state index contributed by atoms with van der Waals surface area (Å²) in [6.07, 6.45) is 2.23. The van der Waals surface area contributed by atoms with Gasteiger partial charge in [0.1, 0.15) is 6.10 Å². The Hall–Kier alpha value is -2.39. The largest absolute Gasteiger partial charge is 0.443 e. The van der Waals surface area contributed by atoms with Crippen molar-refractivity contribution in [1.82, 2.24) is 20.1 Å². The maximum absolute atomic E-state index is 13.1. The SMILES string of the molecule is CC(C)CN(Cc1ccc2nc(NC(=O)CN(C)C)sc2c1)CC(O)C(Cc1ccccc1)NC(=O)OC1COC2CCCC21.S.S. The molecule has 0 radical (unpaired) electrons. The number of amides is 2. The zero-order valence-corrected chi connectivity index (χ0v) is 30.6. The molecular formula is C34H51N5O5S3. The molecule has 0 bridgehead atoms. The highest BCUT2D eigenvalue weighted by Gasteiger charge is 2.42. The van der Waals surface area contributed by atoms with Gasteiger partial charge < -0.3 is 30.1 Å². The summed E-state index contributed by atoms with van der Waals surface area (Å²) in [6.45, 7) is 6.81. The highest BCUT2D eigenvalue weighted by Crippen LogP contribution is 2.37. The molecule has 1 aliphatic carbocycles. The van der Waals surface area contributed by atoms with Crippen LogP contribution in [0.3, 0.4) is 0 Å². The number of aliphatic hydroxyl groups excluding tert-OH is 1. The maximum Gasteiger partial charge on any atom is 0.407 e. The van der Waals surface area contributed by atoms with E-state index in [-0.39, 0.29) is 51.0 Å². The minimum atomic E-state index is -0.832. The molecule has 2 aliphatic rings. The van der Waals surface area contributed by atoms with E-state index in [0.717, 1.165) is 47.2 Å². The Morgan fingerprint density at radius 3 is 2.57 bits per heavy atom. The van der Waals surface area contributed by atoms with E-state index in [9.17, 15) is 14.7 Å². The average Bonchev–Trinajstić information content (AvgIpc) is 3.69. The molecule has 5 unspecified atom stereocenters. The Kier molecular flexibility index (Phi) is 15.3. The number of carbonyl (C=O) groups excluding carboxylic acids is 2. The minimum Gasteiger partial charge on any atom is -0.443 e. The number of aromatic nitrogens is 1. The molecule has 47 heavy (non-hydrogen) atoms. The molecule has 2 heterocycles. The van der Waals surface area contributed by atoms with Crippen molar-refractivity contribution in [1.29, 1.82) is 0 Å². The summed E-state index contributed by atoms with van der Waals surface area (Å²) in [5.41, 5.74) is 2.95. The topological polar surface area (TPSA) is 116 Å². The molecule has 2 fully saturated rings. The Bertz CT molecular complexity index is 1430. The van der Waals surface area contributed by atoms with E-state index in [1.165, 1.54) is 11.3 Å². The second kappa shape index (κ2) is 18.4. The van der Waals surface area contributed by atoms with E-state index >= 15 is 0 Å². The van der Waals surface area contributed by atoms with Crippen molar-refractivity contribution in [3.05, 3.63) is 59.7 Å². The number of carbonyl (C=O) groups is 2. The van der Waals surface area contributed by atoms with Crippen LogP contribution >= 0.6 is 38.3 Å². The molecule has 13 heteroatoms. The van der Waals surface area contributed by atoms with E-state index in [1.807, 2.05) is 61.5 Å². The van der Waals surface area contributed by atoms with E-state index in [1.54, 1.807) is 0 Å². The van der Waals surface area contributed by atoms with Crippen LogP contribution in [-0.2, 0) is 27.2 Å². The lowest BCUT2D eigenvalue weighted by atomic mass is 10.00. The molecule has 3 N–H and O–H groups in total. The number of hydrogen-bond acceptors (Lipinski definition) is 9. The van der Waals surface area contributed by atoms with Crippen molar-refractivity contribution < 1.29 is 24.2 Å². The van der Waals surface area contributed by atoms with E-state index < -0.39 is 18.2 Å². The number of anilines is 1. The van der Waals surface area contributed by atoms with Crippen molar-refractivity contribution >= 4 is 65.7 Å². The van der Waals surface area contributed by atoms with Crippen LogP contribution in [0.2, 0.25) is 0 Å². The van der Waals surface area contributed by atoms with Gasteiger partial charge in [-0.2, -0.15) is 27.0 Å². The number of hydrogen-bond donors (Lipinski definition) is 3. The summed E-state index contributed by atoms with van der Waals surface area (Å²) >= 11 is 1.45. The lowest BCUT2D eigenvalue weighted by Crippen LogP contribution is -2.50. The summed E-state index contributed by atoms with van der Waals surface area (Å²) in [5, 5.41) is 18.1. The molecule has 5 rings (SSSR count). The van der Waals surface area contributed by atoms with Crippen molar-refractivity contribution in [3.63, 3.8) is 0 Å². The number of ether oxygens (including phenoxy) is 2. The fourth-order valence-electron chi connectivity index (χ4n) is 6.46. The Balaban J connectivity index is 0.00000300. The first-order valence-electron chi connectivity index (χ1n) is 16.0. The van der Waals surface area contributed by atoms with Gasteiger partial charge >= 0.3 is 6.09 Å². The summed E-state index contributed by atoms with van der Waals surface area (Å²) in [5.74, 6) is 0.532. The Morgan fingerprint density at radius 1 is 1.09 bits per heavy atom. The third-order valence-electron chi connectivity index (χ3n) is 8.41. The van der Waals surface area contributed by atoms with E-state index in [4.69, 9.17) is 9.47 Å². The number of alkyl carbamates (subject to hydrolysis) is 1. The van der Waals surface area contributed by atoms with Crippen molar-refractivity contribution in [3.8, 4) is 0 Å². The van der Waals surface area contributed by atoms with Gasteiger partial charge in [0.25, 0.3) is 0 Å². The minimum absolute atomic E-state index is 0. The molecule has 10 nitrogen and oxygen atoms in total. The van der Waals surface area contributed by atoms with Crippen LogP contribution in [0.4, 0.5) is 9.93 Å². The molecule has 260 valence electrons. The molecule has 5 atom stereocenters. The average molecular weight is 706 g/mol. The molecule has 1 saturated carbocycles. The molecule has 1 aliphatic heterocycles. The quantitative estimate of drug-likeness (QED) is 0.220. The fraction of sp³-hybridized carbons (Fsp3) is 0.559. The number of nitrogens with one attached hydrogen (secondary N) is 2. The first kappa shape index (κ1) is 39.1. The van der Waals surface area contributed by atoms with Gasteiger partial charge in [-0.1, -0.05) is 68.0 Å². The number of benzene rings is 2. The zero-order chi connectivity index (χ0) is 31.9. The van der Waals surface area contributed by atoms with Gasteiger partial charge in [0, 0.05) is 25.6 Å². The van der Waals surface area contributed by atoms with Crippen LogP contribution in [0.1, 0.15) is 44.2 Å². The Morgan fingerprint density at radius 2 is 1.85 bits per heavy atom. The third kappa shape index (κ3) is 11.3. The predicted octanol–water partition coefficient (Wildman–Crippen LogP) is 4.75. The molecular weight excluding hydrogens is 655 g/mol. The van der Waals surface area contributed by atoms with Crippen LogP contribution < -0.4 is 10.6 Å². The lowest BCUT2D eigenvalue weighted by molar-refractivity contribution is -0.116. The second-order valence-corrected chi connectivity index (χ2v) is 14.1. The van der Waals surface area contributed by atoms with Gasteiger partial charge in [-0.3, -0.25) is 9.69 Å². The summed E-state index contributed by atoms with van der Waals surface area (Å²) in [6, 6.07) is 15.5. The molecule has 2 amide bonds. The zero-order valence-electron chi connectivity index (χ0n) is 27.8. The van der Waals surface area contributed by atoms with Gasteiger partial charge in [-0.15, -0.1) is 0 Å².